The van der Waals surface area contributed by atoms with Crippen molar-refractivity contribution in [3.05, 3.63) is 46.0 Å². The van der Waals surface area contributed by atoms with Crippen molar-refractivity contribution in [2.45, 2.75) is 40.0 Å². The summed E-state index contributed by atoms with van der Waals surface area (Å²) in [6, 6.07) is 2.75. The summed E-state index contributed by atoms with van der Waals surface area (Å²) in [5, 5.41) is 0.264. The van der Waals surface area contributed by atoms with E-state index in [0.717, 1.165) is 42.4 Å². The van der Waals surface area contributed by atoms with E-state index in [9.17, 15) is 18.4 Å². The van der Waals surface area contributed by atoms with Crippen LogP contribution in [0.4, 0.5) is 13.9 Å². The molecule has 5 nitrogen and oxygen atoms in total. The van der Waals surface area contributed by atoms with Crippen molar-refractivity contribution in [2.24, 2.45) is 0 Å². The molecule has 0 aliphatic rings. The number of carbonyl (C=O) groups is 2. The van der Waals surface area contributed by atoms with Gasteiger partial charge in [-0.2, -0.15) is 0 Å². The number of amides is 1. The van der Waals surface area contributed by atoms with Gasteiger partial charge in [-0.05, 0) is 38.5 Å². The summed E-state index contributed by atoms with van der Waals surface area (Å²) in [6.45, 7) is 5.87. The van der Waals surface area contributed by atoms with Crippen LogP contribution in [0.15, 0.2) is 18.2 Å². The number of carbonyl (C=O) groups excluding carboxylic acids is 2. The second-order valence-electron chi connectivity index (χ2n) is 5.92. The van der Waals surface area contributed by atoms with Gasteiger partial charge in [0.15, 0.2) is 5.13 Å². The largest absolute Gasteiger partial charge is 0.462 e. The van der Waals surface area contributed by atoms with Crippen molar-refractivity contribution in [3.63, 3.8) is 0 Å². The van der Waals surface area contributed by atoms with Gasteiger partial charge in [0.1, 0.15) is 16.5 Å². The Hall–Kier alpha value is -2.35. The fourth-order valence-electron chi connectivity index (χ4n) is 2.49. The van der Waals surface area contributed by atoms with E-state index in [1.165, 1.54) is 4.90 Å². The van der Waals surface area contributed by atoms with Crippen LogP contribution in [0.3, 0.4) is 0 Å². The highest BCUT2D eigenvalue weighted by Gasteiger charge is 2.26. The van der Waals surface area contributed by atoms with Gasteiger partial charge >= 0.3 is 5.97 Å². The number of aryl methyl sites for hydroxylation is 1. The summed E-state index contributed by atoms with van der Waals surface area (Å²) in [5.74, 6) is -2.71. The Morgan fingerprint density at radius 2 is 1.96 bits per heavy atom. The topological polar surface area (TPSA) is 59.5 Å². The third-order valence-electron chi connectivity index (χ3n) is 3.87. The third-order valence-corrected chi connectivity index (χ3v) is 5.03. The zero-order valence-corrected chi connectivity index (χ0v) is 16.4. The number of aromatic nitrogens is 1. The van der Waals surface area contributed by atoms with Gasteiger partial charge < -0.3 is 4.74 Å². The zero-order chi connectivity index (χ0) is 20.0. The molecule has 1 heterocycles. The quantitative estimate of drug-likeness (QED) is 0.478. The highest BCUT2D eigenvalue weighted by Crippen LogP contribution is 2.29. The van der Waals surface area contributed by atoms with E-state index in [2.05, 4.69) is 4.98 Å². The van der Waals surface area contributed by atoms with E-state index < -0.39 is 23.5 Å². The lowest BCUT2D eigenvalue weighted by Crippen LogP contribution is -2.32. The molecule has 0 fully saturated rings. The molecule has 0 unspecified atom stereocenters. The van der Waals surface area contributed by atoms with Gasteiger partial charge in [0.2, 0.25) is 0 Å². The van der Waals surface area contributed by atoms with Crippen molar-refractivity contribution in [1.82, 2.24) is 4.98 Å². The van der Waals surface area contributed by atoms with E-state index >= 15 is 0 Å². The van der Waals surface area contributed by atoms with Crippen LogP contribution in [0.25, 0.3) is 0 Å². The Morgan fingerprint density at radius 3 is 2.63 bits per heavy atom. The lowest BCUT2D eigenvalue weighted by Gasteiger charge is -2.20. The average molecular weight is 396 g/mol. The fraction of sp³-hybridized carbons (Fsp3) is 0.421. The molecule has 1 amide bonds. The number of esters is 1. The van der Waals surface area contributed by atoms with E-state index in [-0.39, 0.29) is 23.8 Å². The SMILES string of the molecule is CCCCCN(C(=O)c1cc(F)ccc1F)c1nc(C)c(C(=O)OCC)s1. The molecule has 0 aliphatic carbocycles. The van der Waals surface area contributed by atoms with Crippen molar-refractivity contribution in [2.75, 3.05) is 18.1 Å². The summed E-state index contributed by atoms with van der Waals surface area (Å²) < 4.78 is 32.6. The van der Waals surface area contributed by atoms with Gasteiger partial charge in [-0.1, -0.05) is 31.1 Å². The molecular weight excluding hydrogens is 374 g/mol. The second kappa shape index (κ2) is 9.55. The Labute approximate surface area is 161 Å². The monoisotopic (exact) mass is 396 g/mol. The zero-order valence-electron chi connectivity index (χ0n) is 15.6. The minimum Gasteiger partial charge on any atom is -0.462 e. The van der Waals surface area contributed by atoms with Crippen LogP contribution in [0.2, 0.25) is 0 Å². The molecule has 8 heteroatoms. The lowest BCUT2D eigenvalue weighted by molar-refractivity contribution is 0.0531. The van der Waals surface area contributed by atoms with Crippen molar-refractivity contribution < 1.29 is 23.1 Å². The summed E-state index contributed by atoms with van der Waals surface area (Å²) in [6.07, 6.45) is 2.47. The first-order chi connectivity index (χ1) is 12.9. The molecule has 0 bridgehead atoms. The first-order valence-electron chi connectivity index (χ1n) is 8.80. The number of rotatable bonds is 8. The maximum atomic E-state index is 14.1. The Bertz CT molecular complexity index is 823. The fourth-order valence-corrected chi connectivity index (χ4v) is 3.48. The van der Waals surface area contributed by atoms with Crippen LogP contribution >= 0.6 is 11.3 Å². The number of benzene rings is 1. The van der Waals surface area contributed by atoms with Gasteiger partial charge in [0.05, 0.1) is 17.9 Å². The van der Waals surface area contributed by atoms with Crippen LogP contribution in [-0.2, 0) is 4.74 Å². The second-order valence-corrected chi connectivity index (χ2v) is 6.90. The van der Waals surface area contributed by atoms with Crippen LogP contribution in [0.1, 0.15) is 58.8 Å². The average Bonchev–Trinajstić information content (AvgIpc) is 3.02. The molecule has 0 N–H and O–H groups in total. The number of nitrogens with zero attached hydrogens (tertiary/aromatic N) is 2. The van der Waals surface area contributed by atoms with Crippen molar-refractivity contribution >= 4 is 28.3 Å². The first kappa shape index (κ1) is 21.0. The number of thiazole rings is 1. The summed E-state index contributed by atoms with van der Waals surface area (Å²) >= 11 is 1.01. The molecule has 2 aromatic rings. The number of halogens is 2. The predicted molar refractivity (Wildman–Crippen MR) is 100 cm³/mol. The Kier molecular flexibility index (Phi) is 7.41. The number of hydrogen-bond acceptors (Lipinski definition) is 5. The molecule has 0 radical (unpaired) electrons. The van der Waals surface area contributed by atoms with Crippen LogP contribution < -0.4 is 4.90 Å². The minimum atomic E-state index is -0.805. The molecular formula is C19H22F2N2O3S. The highest BCUT2D eigenvalue weighted by molar-refractivity contribution is 7.17. The maximum absolute atomic E-state index is 14.1. The standard InChI is InChI=1S/C19H22F2N2O3S/c1-4-6-7-10-23(17(24)14-11-13(20)8-9-15(14)21)19-22-12(3)16(27-19)18(25)26-5-2/h8-9,11H,4-7,10H2,1-3H3. The molecule has 0 aliphatic heterocycles. The van der Waals surface area contributed by atoms with Gasteiger partial charge in [-0.15, -0.1) is 0 Å². The molecule has 146 valence electrons. The molecule has 2 rings (SSSR count). The predicted octanol–water partition coefficient (Wildman–Crippen LogP) is 4.74. The normalized spacial score (nSPS) is 10.7. The van der Waals surface area contributed by atoms with Crippen LogP contribution in [-0.4, -0.2) is 30.0 Å². The van der Waals surface area contributed by atoms with Gasteiger partial charge in [0.25, 0.3) is 5.91 Å². The summed E-state index contributed by atoms with van der Waals surface area (Å²) in [4.78, 5) is 30.8. The third kappa shape index (κ3) is 5.09. The summed E-state index contributed by atoms with van der Waals surface area (Å²) in [7, 11) is 0. The van der Waals surface area contributed by atoms with Gasteiger partial charge in [0, 0.05) is 6.54 Å². The highest BCUT2D eigenvalue weighted by atomic mass is 32.1. The van der Waals surface area contributed by atoms with E-state index in [1.54, 1.807) is 13.8 Å². The van der Waals surface area contributed by atoms with Gasteiger partial charge in [-0.25, -0.2) is 18.6 Å². The number of anilines is 1. The first-order valence-corrected chi connectivity index (χ1v) is 9.62. The minimum absolute atomic E-state index is 0.221. The van der Waals surface area contributed by atoms with Crippen molar-refractivity contribution in [1.29, 1.82) is 0 Å². The smallest absolute Gasteiger partial charge is 0.350 e. The Balaban J connectivity index is 2.39. The van der Waals surface area contributed by atoms with Crippen LogP contribution in [0, 0.1) is 18.6 Å². The van der Waals surface area contributed by atoms with Gasteiger partial charge in [-0.3, -0.25) is 9.69 Å². The van der Waals surface area contributed by atoms with Crippen LogP contribution in [0.5, 0.6) is 0 Å². The van der Waals surface area contributed by atoms with Crippen molar-refractivity contribution in [3.8, 4) is 0 Å². The number of hydrogen-bond donors (Lipinski definition) is 0. The number of ether oxygens (including phenoxy) is 1. The summed E-state index contributed by atoms with van der Waals surface area (Å²) in [5.41, 5.74) is 0.0680. The molecule has 27 heavy (non-hydrogen) atoms. The molecule has 0 spiro atoms. The Morgan fingerprint density at radius 1 is 1.22 bits per heavy atom. The number of unbranched alkanes of at least 4 members (excludes halogenated alkanes) is 2. The lowest BCUT2D eigenvalue weighted by atomic mass is 10.1. The van der Waals surface area contributed by atoms with E-state index in [1.807, 2.05) is 6.92 Å². The molecule has 1 aromatic carbocycles. The maximum Gasteiger partial charge on any atom is 0.350 e. The van der Waals surface area contributed by atoms with E-state index in [0.29, 0.717) is 17.0 Å². The molecule has 0 saturated carbocycles. The molecule has 1 aromatic heterocycles. The molecule has 0 atom stereocenters. The molecule has 0 saturated heterocycles. The van der Waals surface area contributed by atoms with E-state index in [4.69, 9.17) is 4.74 Å².